The quantitative estimate of drug-likeness (QED) is 0.596. The van der Waals surface area contributed by atoms with Crippen molar-refractivity contribution < 1.29 is 14.8 Å². The van der Waals surface area contributed by atoms with Crippen LogP contribution >= 0.6 is 0 Å². The van der Waals surface area contributed by atoms with Crippen molar-refractivity contribution in [3.8, 4) is 0 Å². The number of carbonyl (C=O) groups is 1. The van der Waals surface area contributed by atoms with Gasteiger partial charge in [-0.15, -0.1) is 0 Å². The van der Waals surface area contributed by atoms with E-state index in [1.54, 1.807) is 4.57 Å². The summed E-state index contributed by atoms with van der Waals surface area (Å²) in [4.78, 5) is 24.1. The van der Waals surface area contributed by atoms with Crippen molar-refractivity contribution in [2.75, 3.05) is 19.7 Å². The lowest BCUT2D eigenvalue weighted by Crippen LogP contribution is -2.35. The molecule has 0 atom stereocenters. The third-order valence-electron chi connectivity index (χ3n) is 2.80. The maximum atomic E-state index is 12.3. The smallest absolute Gasteiger partial charge is 0.287 e. The van der Waals surface area contributed by atoms with Gasteiger partial charge in [0.1, 0.15) is 5.69 Å². The van der Waals surface area contributed by atoms with Crippen molar-refractivity contribution in [2.45, 2.75) is 26.8 Å². The van der Waals surface area contributed by atoms with E-state index in [1.165, 1.54) is 17.2 Å². The Labute approximate surface area is 111 Å². The molecule has 0 aliphatic heterocycles. The van der Waals surface area contributed by atoms with E-state index in [2.05, 4.69) is 0 Å². The zero-order valence-corrected chi connectivity index (χ0v) is 11.2. The fourth-order valence-electron chi connectivity index (χ4n) is 1.90. The highest BCUT2D eigenvalue weighted by molar-refractivity contribution is 5.93. The minimum atomic E-state index is -0.515. The minimum Gasteiger partial charge on any atom is -0.395 e. The minimum absolute atomic E-state index is 0.0920. The number of carbonyl (C=O) groups excluding carboxylic acids is 1. The van der Waals surface area contributed by atoms with Gasteiger partial charge in [-0.3, -0.25) is 14.9 Å². The number of nitro groups is 1. The van der Waals surface area contributed by atoms with Crippen LogP contribution in [0.5, 0.6) is 0 Å². The molecule has 0 aromatic carbocycles. The number of aliphatic hydroxyl groups excluding tert-OH is 1. The summed E-state index contributed by atoms with van der Waals surface area (Å²) in [5.74, 6) is -0.286. The van der Waals surface area contributed by atoms with E-state index in [1.807, 2.05) is 13.8 Å². The first-order valence-electron chi connectivity index (χ1n) is 6.29. The Bertz CT molecular complexity index is 450. The summed E-state index contributed by atoms with van der Waals surface area (Å²) in [5.41, 5.74) is 0.196. The van der Waals surface area contributed by atoms with Crippen LogP contribution in [0.4, 0.5) is 5.69 Å². The number of rotatable bonds is 7. The third-order valence-corrected chi connectivity index (χ3v) is 2.80. The Morgan fingerprint density at radius 2 is 2.16 bits per heavy atom. The monoisotopic (exact) mass is 269 g/mol. The average Bonchev–Trinajstić information content (AvgIpc) is 2.82. The molecule has 1 rings (SSSR count). The van der Waals surface area contributed by atoms with Crippen molar-refractivity contribution in [2.24, 2.45) is 0 Å². The van der Waals surface area contributed by atoms with Gasteiger partial charge in [0.15, 0.2) is 0 Å². The zero-order valence-electron chi connectivity index (χ0n) is 11.2. The van der Waals surface area contributed by atoms with E-state index in [-0.39, 0.29) is 30.4 Å². The van der Waals surface area contributed by atoms with Crippen LogP contribution in [-0.2, 0) is 6.54 Å². The van der Waals surface area contributed by atoms with Crippen LogP contribution in [0.3, 0.4) is 0 Å². The van der Waals surface area contributed by atoms with E-state index in [0.717, 1.165) is 6.42 Å². The fraction of sp³-hybridized carbons (Fsp3) is 0.583. The van der Waals surface area contributed by atoms with Gasteiger partial charge < -0.3 is 14.6 Å². The van der Waals surface area contributed by atoms with Gasteiger partial charge in [0.05, 0.1) is 17.7 Å². The number of hydrogen-bond donors (Lipinski definition) is 1. The fourth-order valence-corrected chi connectivity index (χ4v) is 1.90. The number of nitrogens with zero attached hydrogens (tertiary/aromatic N) is 3. The van der Waals surface area contributed by atoms with Crippen molar-refractivity contribution in [3.63, 3.8) is 0 Å². The van der Waals surface area contributed by atoms with E-state index >= 15 is 0 Å². The lowest BCUT2D eigenvalue weighted by atomic mass is 10.3. The molecule has 0 aliphatic carbocycles. The number of aliphatic hydroxyl groups is 1. The first-order valence-corrected chi connectivity index (χ1v) is 6.29. The summed E-state index contributed by atoms with van der Waals surface area (Å²) in [6.07, 6.45) is 2.12. The molecule has 0 spiro atoms. The van der Waals surface area contributed by atoms with Crippen LogP contribution in [0, 0.1) is 10.1 Å². The van der Waals surface area contributed by atoms with Crippen LogP contribution in [0.25, 0.3) is 0 Å². The molecule has 1 amide bonds. The second kappa shape index (κ2) is 6.89. The SMILES string of the molecule is CCCN(CCO)C(=O)c1cc([N+](=O)[O-])cn1CC. The predicted octanol–water partition coefficient (Wildman–Crippen LogP) is 1.26. The third kappa shape index (κ3) is 3.54. The van der Waals surface area contributed by atoms with Gasteiger partial charge in [-0.05, 0) is 13.3 Å². The number of aryl methyl sites for hydroxylation is 1. The summed E-state index contributed by atoms with van der Waals surface area (Å²) in [7, 11) is 0. The molecule has 0 unspecified atom stereocenters. The van der Waals surface area contributed by atoms with Gasteiger partial charge >= 0.3 is 0 Å². The van der Waals surface area contributed by atoms with Crippen LogP contribution < -0.4 is 0 Å². The molecule has 1 N–H and O–H groups in total. The summed E-state index contributed by atoms with van der Waals surface area (Å²) in [6, 6.07) is 1.28. The molecule has 0 saturated carbocycles. The van der Waals surface area contributed by atoms with E-state index in [9.17, 15) is 14.9 Å². The van der Waals surface area contributed by atoms with Crippen molar-refractivity contribution in [3.05, 3.63) is 28.1 Å². The molecule has 0 fully saturated rings. The van der Waals surface area contributed by atoms with Crippen molar-refractivity contribution in [1.29, 1.82) is 0 Å². The molecule has 0 aliphatic rings. The molecule has 1 heterocycles. The summed E-state index contributed by atoms with van der Waals surface area (Å²) in [6.45, 7) is 4.85. The summed E-state index contributed by atoms with van der Waals surface area (Å²) in [5, 5.41) is 19.7. The largest absolute Gasteiger partial charge is 0.395 e. The Morgan fingerprint density at radius 3 is 2.63 bits per heavy atom. The van der Waals surface area contributed by atoms with Crippen LogP contribution in [-0.4, -0.2) is 45.1 Å². The van der Waals surface area contributed by atoms with Crippen LogP contribution in [0.15, 0.2) is 12.3 Å². The molecular weight excluding hydrogens is 250 g/mol. The lowest BCUT2D eigenvalue weighted by Gasteiger charge is -2.21. The highest BCUT2D eigenvalue weighted by atomic mass is 16.6. The molecule has 1 aromatic rings. The Morgan fingerprint density at radius 1 is 1.47 bits per heavy atom. The van der Waals surface area contributed by atoms with Crippen molar-refractivity contribution >= 4 is 11.6 Å². The van der Waals surface area contributed by atoms with Crippen LogP contribution in [0.1, 0.15) is 30.8 Å². The Balaban J connectivity index is 3.05. The summed E-state index contributed by atoms with van der Waals surface area (Å²) >= 11 is 0. The van der Waals surface area contributed by atoms with Gasteiger partial charge in [0.25, 0.3) is 11.6 Å². The Hall–Kier alpha value is -1.89. The van der Waals surface area contributed by atoms with Gasteiger partial charge in [-0.2, -0.15) is 0 Å². The van der Waals surface area contributed by atoms with Gasteiger partial charge in [-0.1, -0.05) is 6.92 Å². The second-order valence-electron chi connectivity index (χ2n) is 4.14. The Kier molecular flexibility index (Phi) is 5.50. The van der Waals surface area contributed by atoms with E-state index < -0.39 is 4.92 Å². The molecule has 0 radical (unpaired) electrons. The molecular formula is C12H19N3O4. The highest BCUT2D eigenvalue weighted by Crippen LogP contribution is 2.18. The summed E-state index contributed by atoms with van der Waals surface area (Å²) < 4.78 is 1.56. The molecule has 19 heavy (non-hydrogen) atoms. The standard InChI is InChI=1S/C12H19N3O4/c1-3-5-14(6-7-16)12(17)11-8-10(15(18)19)9-13(11)4-2/h8-9,16H,3-7H2,1-2H3. The average molecular weight is 269 g/mol. The van der Waals surface area contributed by atoms with Crippen LogP contribution in [0.2, 0.25) is 0 Å². The normalized spacial score (nSPS) is 10.5. The first kappa shape index (κ1) is 15.2. The molecule has 0 bridgehead atoms. The second-order valence-corrected chi connectivity index (χ2v) is 4.14. The molecule has 106 valence electrons. The number of amides is 1. The van der Waals surface area contributed by atoms with E-state index in [4.69, 9.17) is 5.11 Å². The molecule has 1 aromatic heterocycles. The first-order chi connectivity index (χ1) is 9.04. The topological polar surface area (TPSA) is 88.6 Å². The maximum Gasteiger partial charge on any atom is 0.287 e. The van der Waals surface area contributed by atoms with Gasteiger partial charge in [0, 0.05) is 25.7 Å². The molecule has 7 heteroatoms. The predicted molar refractivity (Wildman–Crippen MR) is 70.0 cm³/mol. The molecule has 0 saturated heterocycles. The van der Waals surface area contributed by atoms with Gasteiger partial charge in [-0.25, -0.2) is 0 Å². The number of aromatic nitrogens is 1. The lowest BCUT2D eigenvalue weighted by molar-refractivity contribution is -0.384. The van der Waals surface area contributed by atoms with Gasteiger partial charge in [0.2, 0.25) is 0 Å². The maximum absolute atomic E-state index is 12.3. The number of hydrogen-bond acceptors (Lipinski definition) is 4. The zero-order chi connectivity index (χ0) is 14.4. The van der Waals surface area contributed by atoms with Crippen molar-refractivity contribution in [1.82, 2.24) is 9.47 Å². The highest BCUT2D eigenvalue weighted by Gasteiger charge is 2.22. The van der Waals surface area contributed by atoms with E-state index in [0.29, 0.717) is 13.1 Å². The molecule has 7 nitrogen and oxygen atoms in total.